The molecule has 1 fully saturated rings. The van der Waals surface area contributed by atoms with Crippen LogP contribution < -0.4 is 5.32 Å². The zero-order valence-corrected chi connectivity index (χ0v) is 11.8. The van der Waals surface area contributed by atoms with Gasteiger partial charge in [-0.15, -0.1) is 11.3 Å². The largest absolute Gasteiger partial charge is 0.349 e. The molecule has 1 amide bonds. The highest BCUT2D eigenvalue weighted by Gasteiger charge is 2.45. The highest BCUT2D eigenvalue weighted by atomic mass is 32.1. The molecule has 1 heterocycles. The van der Waals surface area contributed by atoms with Gasteiger partial charge in [0.05, 0.1) is 6.54 Å². The fourth-order valence-corrected chi connectivity index (χ4v) is 3.16. The van der Waals surface area contributed by atoms with Gasteiger partial charge in [0.1, 0.15) is 0 Å². The molecule has 0 radical (unpaired) electrons. The summed E-state index contributed by atoms with van der Waals surface area (Å²) in [6.07, 6.45) is 0.920. The predicted octanol–water partition coefficient (Wildman–Crippen LogP) is 2.50. The molecule has 0 spiro atoms. The Morgan fingerprint density at radius 1 is 1.50 bits per heavy atom. The molecule has 1 aliphatic carbocycles. The third-order valence-corrected chi connectivity index (χ3v) is 4.60. The van der Waals surface area contributed by atoms with Crippen LogP contribution in [0.15, 0.2) is 11.4 Å². The van der Waals surface area contributed by atoms with Crippen LogP contribution in [0.25, 0.3) is 0 Å². The Morgan fingerprint density at radius 3 is 2.78 bits per heavy atom. The minimum absolute atomic E-state index is 0.0140. The summed E-state index contributed by atoms with van der Waals surface area (Å²) in [5.74, 6) is 0.552. The molecular weight excluding hydrogens is 246 g/mol. The molecule has 1 aliphatic rings. The number of carbonyl (C=O) groups excluding carboxylic acids is 2. The van der Waals surface area contributed by atoms with Crippen molar-refractivity contribution >= 4 is 23.0 Å². The van der Waals surface area contributed by atoms with Crippen molar-refractivity contribution in [1.82, 2.24) is 5.32 Å². The Labute approximate surface area is 112 Å². The van der Waals surface area contributed by atoms with Crippen molar-refractivity contribution in [3.8, 4) is 0 Å². The first kappa shape index (κ1) is 13.3. The first-order valence-electron chi connectivity index (χ1n) is 6.35. The van der Waals surface area contributed by atoms with E-state index in [2.05, 4.69) is 23.7 Å². The van der Waals surface area contributed by atoms with Crippen molar-refractivity contribution in [2.75, 3.05) is 6.54 Å². The molecule has 2 rings (SSSR count). The van der Waals surface area contributed by atoms with Crippen LogP contribution in [0.5, 0.6) is 0 Å². The van der Waals surface area contributed by atoms with Crippen LogP contribution in [-0.4, -0.2) is 18.2 Å². The number of hydrogen-bond donors (Lipinski definition) is 1. The van der Waals surface area contributed by atoms with Crippen LogP contribution in [0.1, 0.15) is 36.6 Å². The monoisotopic (exact) mass is 265 g/mol. The van der Waals surface area contributed by atoms with E-state index < -0.39 is 0 Å². The molecule has 18 heavy (non-hydrogen) atoms. The molecule has 4 heteroatoms. The normalized spacial score (nSPS) is 22.0. The third-order valence-electron chi connectivity index (χ3n) is 3.45. The van der Waals surface area contributed by atoms with E-state index >= 15 is 0 Å². The van der Waals surface area contributed by atoms with Gasteiger partial charge in [-0.3, -0.25) is 9.59 Å². The van der Waals surface area contributed by atoms with Gasteiger partial charge >= 0.3 is 0 Å². The van der Waals surface area contributed by atoms with Gasteiger partial charge in [-0.25, -0.2) is 0 Å². The van der Waals surface area contributed by atoms with Crippen molar-refractivity contribution in [1.29, 1.82) is 0 Å². The standard InChI is InChI=1S/C14H19NO2S/c1-8(2)12(16)7-15-14(17)11-6-10(11)13-9(3)4-5-18-13/h4-5,8,10-11H,6-7H2,1-3H3,(H,15,17)/t10-,11+/m0/s1. The minimum atomic E-state index is -0.0140. The molecule has 0 saturated heterocycles. The summed E-state index contributed by atoms with van der Waals surface area (Å²) in [6.45, 7) is 5.96. The highest BCUT2D eigenvalue weighted by Crippen LogP contribution is 2.50. The van der Waals surface area contributed by atoms with Crippen molar-refractivity contribution in [3.63, 3.8) is 0 Å². The van der Waals surface area contributed by atoms with Gasteiger partial charge in [0.15, 0.2) is 5.78 Å². The molecule has 0 aliphatic heterocycles. The summed E-state index contributed by atoms with van der Waals surface area (Å²) >= 11 is 1.72. The SMILES string of the molecule is Cc1ccsc1[C@H]1C[C@H]1C(=O)NCC(=O)C(C)C. The van der Waals surface area contributed by atoms with Crippen LogP contribution in [0.3, 0.4) is 0 Å². The molecule has 1 saturated carbocycles. The lowest BCUT2D eigenvalue weighted by atomic mass is 10.1. The van der Waals surface area contributed by atoms with Gasteiger partial charge in [0.25, 0.3) is 0 Å². The maximum atomic E-state index is 11.9. The fourth-order valence-electron chi connectivity index (χ4n) is 2.05. The van der Waals surface area contributed by atoms with Gasteiger partial charge in [-0.2, -0.15) is 0 Å². The number of hydrogen-bond acceptors (Lipinski definition) is 3. The van der Waals surface area contributed by atoms with Gasteiger partial charge in [-0.05, 0) is 30.4 Å². The van der Waals surface area contributed by atoms with E-state index in [-0.39, 0.29) is 30.1 Å². The average Bonchev–Trinajstić information content (AvgIpc) is 3.01. The summed E-state index contributed by atoms with van der Waals surface area (Å²) in [6, 6.07) is 2.09. The van der Waals surface area contributed by atoms with Crippen LogP contribution in [0.2, 0.25) is 0 Å². The van der Waals surface area contributed by atoms with E-state index in [9.17, 15) is 9.59 Å². The third kappa shape index (κ3) is 2.80. The van der Waals surface area contributed by atoms with Crippen LogP contribution >= 0.6 is 11.3 Å². The van der Waals surface area contributed by atoms with Gasteiger partial charge < -0.3 is 5.32 Å². The summed E-state index contributed by atoms with van der Waals surface area (Å²) in [5, 5.41) is 4.82. The molecule has 0 unspecified atom stereocenters. The molecule has 98 valence electrons. The molecule has 2 atom stereocenters. The Hall–Kier alpha value is -1.16. The molecule has 1 aromatic rings. The number of Topliss-reactive ketones (excluding diaryl/α,β-unsaturated/α-hetero) is 1. The summed E-state index contributed by atoms with van der Waals surface area (Å²) in [5.41, 5.74) is 1.28. The number of aryl methyl sites for hydroxylation is 1. The number of amides is 1. The van der Waals surface area contributed by atoms with Crippen molar-refractivity contribution in [2.45, 2.75) is 33.1 Å². The lowest BCUT2D eigenvalue weighted by molar-refractivity contribution is -0.127. The quantitative estimate of drug-likeness (QED) is 0.889. The molecule has 0 aromatic carbocycles. The van der Waals surface area contributed by atoms with E-state index in [1.165, 1.54) is 10.4 Å². The summed E-state index contributed by atoms with van der Waals surface area (Å²) < 4.78 is 0. The number of carbonyl (C=O) groups is 2. The number of thiophene rings is 1. The Balaban J connectivity index is 1.83. The van der Waals surface area contributed by atoms with E-state index in [1.54, 1.807) is 11.3 Å². The maximum absolute atomic E-state index is 11.9. The predicted molar refractivity (Wildman–Crippen MR) is 72.8 cm³/mol. The van der Waals surface area contributed by atoms with E-state index in [4.69, 9.17) is 0 Å². The van der Waals surface area contributed by atoms with Crippen molar-refractivity contribution in [3.05, 3.63) is 21.9 Å². The summed E-state index contributed by atoms with van der Waals surface area (Å²) in [7, 11) is 0. The Bertz CT molecular complexity index is 464. The van der Waals surface area contributed by atoms with Crippen molar-refractivity contribution < 1.29 is 9.59 Å². The lowest BCUT2D eigenvalue weighted by Crippen LogP contribution is -2.32. The lowest BCUT2D eigenvalue weighted by Gasteiger charge is -2.06. The van der Waals surface area contributed by atoms with Gasteiger partial charge in [0.2, 0.25) is 5.91 Å². The topological polar surface area (TPSA) is 46.2 Å². The van der Waals surface area contributed by atoms with Crippen LogP contribution in [-0.2, 0) is 9.59 Å². The molecule has 3 nitrogen and oxygen atoms in total. The van der Waals surface area contributed by atoms with Crippen molar-refractivity contribution in [2.24, 2.45) is 11.8 Å². The first-order chi connectivity index (χ1) is 8.50. The zero-order valence-electron chi connectivity index (χ0n) is 11.0. The smallest absolute Gasteiger partial charge is 0.224 e. The van der Waals surface area contributed by atoms with E-state index in [0.717, 1.165) is 6.42 Å². The highest BCUT2D eigenvalue weighted by molar-refractivity contribution is 7.10. The number of nitrogens with one attached hydrogen (secondary N) is 1. The number of ketones is 1. The van der Waals surface area contributed by atoms with E-state index in [1.807, 2.05) is 13.8 Å². The summed E-state index contributed by atoms with van der Waals surface area (Å²) in [4.78, 5) is 24.7. The van der Waals surface area contributed by atoms with Gasteiger partial charge in [-0.1, -0.05) is 13.8 Å². The fraction of sp³-hybridized carbons (Fsp3) is 0.571. The second kappa shape index (κ2) is 5.22. The average molecular weight is 265 g/mol. The molecule has 1 aromatic heterocycles. The van der Waals surface area contributed by atoms with Gasteiger partial charge in [0, 0.05) is 22.6 Å². The minimum Gasteiger partial charge on any atom is -0.349 e. The Kier molecular flexibility index (Phi) is 3.85. The number of rotatable bonds is 5. The van der Waals surface area contributed by atoms with Crippen LogP contribution in [0, 0.1) is 18.8 Å². The molecule has 1 N–H and O–H groups in total. The molecular formula is C14H19NO2S. The second-order valence-electron chi connectivity index (χ2n) is 5.26. The first-order valence-corrected chi connectivity index (χ1v) is 7.23. The molecule has 0 bridgehead atoms. The van der Waals surface area contributed by atoms with E-state index in [0.29, 0.717) is 5.92 Å². The van der Waals surface area contributed by atoms with Crippen LogP contribution in [0.4, 0.5) is 0 Å². The Morgan fingerprint density at radius 2 is 2.22 bits per heavy atom. The zero-order chi connectivity index (χ0) is 13.3. The maximum Gasteiger partial charge on any atom is 0.224 e. The second-order valence-corrected chi connectivity index (χ2v) is 6.20.